The number of aromatic nitrogens is 3. The minimum atomic E-state index is -0.148. The van der Waals surface area contributed by atoms with Crippen molar-refractivity contribution in [3.8, 4) is 0 Å². The lowest BCUT2D eigenvalue weighted by Crippen LogP contribution is -2.33. The summed E-state index contributed by atoms with van der Waals surface area (Å²) in [7, 11) is 0. The second-order valence-corrected chi connectivity index (χ2v) is 7.12. The van der Waals surface area contributed by atoms with Gasteiger partial charge >= 0.3 is 0 Å². The Hall–Kier alpha value is -2.44. The summed E-state index contributed by atoms with van der Waals surface area (Å²) < 4.78 is 0. The molecule has 0 spiro atoms. The molecule has 4 rings (SSSR count). The molecule has 0 bridgehead atoms. The second kappa shape index (κ2) is 7.05. The van der Waals surface area contributed by atoms with Crippen LogP contribution in [-0.4, -0.2) is 32.8 Å². The van der Waals surface area contributed by atoms with Crippen LogP contribution in [0.3, 0.4) is 0 Å². The number of fused-ring (bicyclic) bond motifs is 1. The molecular formula is C19H20ClN5O. The number of ketones is 1. The molecule has 0 radical (unpaired) electrons. The number of H-pyrrole nitrogens is 1. The van der Waals surface area contributed by atoms with E-state index >= 15 is 0 Å². The van der Waals surface area contributed by atoms with Crippen molar-refractivity contribution in [3.05, 3.63) is 52.9 Å². The van der Waals surface area contributed by atoms with Crippen LogP contribution in [0.5, 0.6) is 0 Å². The van der Waals surface area contributed by atoms with Gasteiger partial charge in [0, 0.05) is 23.8 Å². The standard InChI is InChI=1S/C19H20ClN5O/c20-15-4-2-1-3-13(15)17(26)14-9-22-18-16(14)19(24-10-23-18)25-12-7-5-11(21)6-8-12/h1-4,9-12H,5-8,21H2,(H2,22,23,24,25). The second-order valence-electron chi connectivity index (χ2n) is 6.71. The summed E-state index contributed by atoms with van der Waals surface area (Å²) in [6.07, 6.45) is 7.14. The van der Waals surface area contributed by atoms with Crippen LogP contribution in [0.15, 0.2) is 36.8 Å². The van der Waals surface area contributed by atoms with Crippen LogP contribution in [0.1, 0.15) is 41.6 Å². The summed E-state index contributed by atoms with van der Waals surface area (Å²) >= 11 is 6.21. The zero-order valence-corrected chi connectivity index (χ0v) is 15.0. The molecule has 1 saturated carbocycles. The summed E-state index contributed by atoms with van der Waals surface area (Å²) in [5.41, 5.74) is 7.60. The topological polar surface area (TPSA) is 96.7 Å². The number of halogens is 1. The molecule has 0 saturated heterocycles. The summed E-state index contributed by atoms with van der Waals surface area (Å²) in [5, 5.41) is 4.61. The van der Waals surface area contributed by atoms with E-state index in [2.05, 4.69) is 20.3 Å². The molecule has 0 unspecified atom stereocenters. The molecule has 1 aliphatic rings. The fourth-order valence-corrected chi connectivity index (χ4v) is 3.72. The average Bonchev–Trinajstić information content (AvgIpc) is 3.09. The van der Waals surface area contributed by atoms with Crippen molar-refractivity contribution in [1.82, 2.24) is 15.0 Å². The Labute approximate surface area is 156 Å². The number of hydrogen-bond donors (Lipinski definition) is 3. The third-order valence-corrected chi connectivity index (χ3v) is 5.28. The van der Waals surface area contributed by atoms with Crippen molar-refractivity contribution in [2.45, 2.75) is 37.8 Å². The molecule has 134 valence electrons. The van der Waals surface area contributed by atoms with E-state index < -0.39 is 0 Å². The summed E-state index contributed by atoms with van der Waals surface area (Å²) in [5.74, 6) is 0.525. The molecule has 0 atom stereocenters. The van der Waals surface area contributed by atoms with E-state index in [9.17, 15) is 4.79 Å². The van der Waals surface area contributed by atoms with E-state index in [-0.39, 0.29) is 11.8 Å². The zero-order chi connectivity index (χ0) is 18.1. The maximum Gasteiger partial charge on any atom is 0.196 e. The number of rotatable bonds is 4. The highest BCUT2D eigenvalue weighted by molar-refractivity contribution is 6.35. The van der Waals surface area contributed by atoms with Gasteiger partial charge in [-0.2, -0.15) is 0 Å². The van der Waals surface area contributed by atoms with Crippen molar-refractivity contribution in [2.75, 3.05) is 5.32 Å². The highest BCUT2D eigenvalue weighted by atomic mass is 35.5. The highest BCUT2D eigenvalue weighted by Crippen LogP contribution is 2.29. The predicted octanol–water partition coefficient (Wildman–Crippen LogP) is 3.52. The van der Waals surface area contributed by atoms with Gasteiger partial charge in [-0.05, 0) is 37.8 Å². The van der Waals surface area contributed by atoms with Crippen LogP contribution < -0.4 is 11.1 Å². The van der Waals surface area contributed by atoms with E-state index in [1.165, 1.54) is 6.33 Å². The number of nitrogens with two attached hydrogens (primary N) is 1. The number of nitrogens with zero attached hydrogens (tertiary/aromatic N) is 2. The average molecular weight is 370 g/mol. The Balaban J connectivity index is 1.71. The molecule has 26 heavy (non-hydrogen) atoms. The molecule has 0 amide bonds. The Bertz CT molecular complexity index is 946. The van der Waals surface area contributed by atoms with Crippen molar-refractivity contribution in [3.63, 3.8) is 0 Å². The van der Waals surface area contributed by atoms with Crippen LogP contribution >= 0.6 is 11.6 Å². The van der Waals surface area contributed by atoms with Crippen LogP contribution in [0.4, 0.5) is 5.82 Å². The number of nitrogens with one attached hydrogen (secondary N) is 2. The molecule has 7 heteroatoms. The number of benzene rings is 1. The van der Waals surface area contributed by atoms with E-state index in [0.717, 1.165) is 25.7 Å². The molecule has 2 aromatic heterocycles. The van der Waals surface area contributed by atoms with Crippen LogP contribution in [0.25, 0.3) is 11.0 Å². The maximum absolute atomic E-state index is 13.0. The van der Waals surface area contributed by atoms with Gasteiger partial charge in [-0.15, -0.1) is 0 Å². The Kier molecular flexibility index (Phi) is 4.61. The first kappa shape index (κ1) is 17.0. The lowest BCUT2D eigenvalue weighted by Gasteiger charge is -2.27. The first-order valence-corrected chi connectivity index (χ1v) is 9.14. The van der Waals surface area contributed by atoms with Gasteiger partial charge < -0.3 is 16.0 Å². The molecule has 3 aromatic rings. The number of aromatic amines is 1. The first-order valence-electron chi connectivity index (χ1n) is 8.77. The SMILES string of the molecule is NC1CCC(Nc2ncnc3[nH]cc(C(=O)c4ccccc4Cl)c23)CC1. The molecule has 4 N–H and O–H groups in total. The normalized spacial score (nSPS) is 20.2. The van der Waals surface area contributed by atoms with Crippen molar-refractivity contribution < 1.29 is 4.79 Å². The largest absolute Gasteiger partial charge is 0.367 e. The fraction of sp³-hybridized carbons (Fsp3) is 0.316. The molecule has 6 nitrogen and oxygen atoms in total. The van der Waals surface area contributed by atoms with E-state index in [0.29, 0.717) is 39.0 Å². The van der Waals surface area contributed by atoms with E-state index in [1.54, 1.807) is 30.5 Å². The number of anilines is 1. The predicted molar refractivity (Wildman–Crippen MR) is 103 cm³/mol. The Morgan fingerprint density at radius 1 is 1.15 bits per heavy atom. The Morgan fingerprint density at radius 3 is 2.69 bits per heavy atom. The minimum Gasteiger partial charge on any atom is -0.367 e. The third-order valence-electron chi connectivity index (χ3n) is 4.95. The van der Waals surface area contributed by atoms with Crippen molar-refractivity contribution >= 4 is 34.2 Å². The molecular weight excluding hydrogens is 350 g/mol. The van der Waals surface area contributed by atoms with E-state index in [1.807, 2.05) is 0 Å². The summed E-state index contributed by atoms with van der Waals surface area (Å²) in [4.78, 5) is 24.7. The Morgan fingerprint density at radius 2 is 1.92 bits per heavy atom. The molecule has 1 aliphatic carbocycles. The van der Waals surface area contributed by atoms with Gasteiger partial charge in [0.2, 0.25) is 0 Å². The van der Waals surface area contributed by atoms with Gasteiger partial charge in [-0.1, -0.05) is 23.7 Å². The first-order chi connectivity index (χ1) is 12.6. The lowest BCUT2D eigenvalue weighted by atomic mass is 9.92. The van der Waals surface area contributed by atoms with Crippen LogP contribution in [-0.2, 0) is 0 Å². The monoisotopic (exact) mass is 369 g/mol. The highest BCUT2D eigenvalue weighted by Gasteiger charge is 2.23. The number of hydrogen-bond acceptors (Lipinski definition) is 5. The van der Waals surface area contributed by atoms with Gasteiger partial charge in [-0.3, -0.25) is 4.79 Å². The number of carbonyl (C=O) groups is 1. The minimum absolute atomic E-state index is 0.148. The quantitative estimate of drug-likeness (QED) is 0.611. The fourth-order valence-electron chi connectivity index (χ4n) is 3.50. The van der Waals surface area contributed by atoms with Crippen molar-refractivity contribution in [1.29, 1.82) is 0 Å². The zero-order valence-electron chi connectivity index (χ0n) is 14.2. The molecule has 1 fully saturated rings. The smallest absolute Gasteiger partial charge is 0.196 e. The van der Waals surface area contributed by atoms with Gasteiger partial charge in [0.1, 0.15) is 17.8 Å². The number of carbonyl (C=O) groups excluding carboxylic acids is 1. The van der Waals surface area contributed by atoms with Crippen LogP contribution in [0, 0.1) is 0 Å². The lowest BCUT2D eigenvalue weighted by molar-refractivity contribution is 0.104. The van der Waals surface area contributed by atoms with E-state index in [4.69, 9.17) is 17.3 Å². The van der Waals surface area contributed by atoms with Gasteiger partial charge in [0.05, 0.1) is 16.0 Å². The maximum atomic E-state index is 13.0. The molecule has 0 aliphatic heterocycles. The third kappa shape index (κ3) is 3.18. The van der Waals surface area contributed by atoms with Crippen LogP contribution in [0.2, 0.25) is 5.02 Å². The van der Waals surface area contributed by atoms with Gasteiger partial charge in [0.15, 0.2) is 5.78 Å². The summed E-state index contributed by atoms with van der Waals surface area (Å²) in [6.45, 7) is 0. The van der Waals surface area contributed by atoms with Crippen molar-refractivity contribution in [2.24, 2.45) is 5.73 Å². The molecule has 1 aromatic carbocycles. The summed E-state index contributed by atoms with van der Waals surface area (Å²) in [6, 6.07) is 7.62. The van der Waals surface area contributed by atoms with Gasteiger partial charge in [-0.25, -0.2) is 9.97 Å². The molecule has 2 heterocycles. The van der Waals surface area contributed by atoms with Gasteiger partial charge in [0.25, 0.3) is 0 Å².